The van der Waals surface area contributed by atoms with E-state index in [2.05, 4.69) is 0 Å². The Hall–Kier alpha value is -1.42. The predicted molar refractivity (Wildman–Crippen MR) is 171 cm³/mol. The Bertz CT molecular complexity index is 776. The molecule has 13 heteroatoms. The van der Waals surface area contributed by atoms with Gasteiger partial charge < -0.3 is 52.8 Å². The van der Waals surface area contributed by atoms with E-state index in [0.29, 0.717) is 25.7 Å². The van der Waals surface area contributed by atoms with Crippen LogP contribution >= 0.6 is 0 Å². The zero-order valence-electron chi connectivity index (χ0n) is 30.0. The lowest BCUT2D eigenvalue weighted by atomic mass is 9.67. The van der Waals surface area contributed by atoms with Crippen LogP contribution in [0.15, 0.2) is 0 Å². The van der Waals surface area contributed by atoms with Gasteiger partial charge in [-0.05, 0) is 74.1 Å². The third-order valence-corrected chi connectivity index (χ3v) is 7.28. The second-order valence-corrected chi connectivity index (χ2v) is 10.5. The van der Waals surface area contributed by atoms with Crippen molar-refractivity contribution in [3.63, 3.8) is 0 Å². The summed E-state index contributed by atoms with van der Waals surface area (Å²) in [4.78, 5) is 25.7. The number of rotatable bonds is 32. The number of ether oxygens (including phenoxy) is 9. The van der Waals surface area contributed by atoms with E-state index in [-0.39, 0.29) is 78.7 Å². The minimum atomic E-state index is -2.33. The average Bonchev–Trinajstić information content (AvgIpc) is 3.00. The molecule has 0 aromatic carbocycles. The first-order chi connectivity index (χ1) is 22.0. The van der Waals surface area contributed by atoms with Crippen molar-refractivity contribution in [3.8, 4) is 0 Å². The highest BCUT2D eigenvalue weighted by Gasteiger charge is 2.79. The minimum absolute atomic E-state index is 0.0272. The highest BCUT2D eigenvalue weighted by atomic mass is 16.9. The molecule has 0 amide bonds. The molecule has 0 saturated heterocycles. The average molecular weight is 669 g/mol. The Morgan fingerprint density at radius 2 is 1.07 bits per heavy atom. The van der Waals surface area contributed by atoms with Crippen molar-refractivity contribution in [3.05, 3.63) is 0 Å². The van der Waals surface area contributed by atoms with Crippen LogP contribution in [0.2, 0.25) is 0 Å². The Morgan fingerprint density at radius 3 is 1.46 bits per heavy atom. The van der Waals surface area contributed by atoms with Gasteiger partial charge in [0.15, 0.2) is 11.5 Å². The lowest BCUT2D eigenvalue weighted by Gasteiger charge is -2.58. The molecule has 2 N–H and O–H groups in total. The Balaban J connectivity index is 8.46. The summed E-state index contributed by atoms with van der Waals surface area (Å²) in [5, 5.41) is 21.0. The van der Waals surface area contributed by atoms with Crippen LogP contribution < -0.4 is 0 Å². The fraction of sp³-hybridized carbons (Fsp3) is 0.939. The van der Waals surface area contributed by atoms with Crippen molar-refractivity contribution in [2.45, 2.75) is 138 Å². The van der Waals surface area contributed by atoms with Crippen LogP contribution in [-0.4, -0.2) is 105 Å². The summed E-state index contributed by atoms with van der Waals surface area (Å²) in [6.45, 7) is 16.6. The molecule has 0 radical (unpaired) electrons. The summed E-state index contributed by atoms with van der Waals surface area (Å²) in [5.74, 6) is -8.90. The zero-order valence-corrected chi connectivity index (χ0v) is 30.0. The maximum atomic E-state index is 14.4. The summed E-state index contributed by atoms with van der Waals surface area (Å²) in [6, 6.07) is 0. The minimum Gasteiger partial charge on any atom is -0.481 e. The van der Waals surface area contributed by atoms with Crippen LogP contribution in [0.25, 0.3) is 0 Å². The van der Waals surface area contributed by atoms with Crippen molar-refractivity contribution >= 4 is 11.9 Å². The normalized spacial score (nSPS) is 15.8. The van der Waals surface area contributed by atoms with E-state index in [1.165, 1.54) is 0 Å². The molecule has 0 saturated carbocycles. The van der Waals surface area contributed by atoms with E-state index in [0.717, 1.165) is 6.42 Å². The molecule has 0 spiro atoms. The van der Waals surface area contributed by atoms with Gasteiger partial charge in [-0.15, -0.1) is 0 Å². The molecular weight excluding hydrogens is 604 g/mol. The number of hydrogen-bond acceptors (Lipinski definition) is 11. The summed E-state index contributed by atoms with van der Waals surface area (Å²) in [7, 11) is 0. The number of hydrogen-bond donors (Lipinski definition) is 2. The molecule has 274 valence electrons. The van der Waals surface area contributed by atoms with Gasteiger partial charge in [-0.2, -0.15) is 0 Å². The maximum absolute atomic E-state index is 14.4. The van der Waals surface area contributed by atoms with E-state index in [4.69, 9.17) is 42.6 Å². The van der Waals surface area contributed by atoms with Gasteiger partial charge in [0.1, 0.15) is 0 Å². The molecule has 0 heterocycles. The van der Waals surface area contributed by atoms with Gasteiger partial charge in [0, 0.05) is 59.3 Å². The van der Waals surface area contributed by atoms with E-state index in [1.807, 2.05) is 13.8 Å². The first-order valence-corrected chi connectivity index (χ1v) is 17.2. The van der Waals surface area contributed by atoms with Crippen LogP contribution in [0.4, 0.5) is 0 Å². The summed E-state index contributed by atoms with van der Waals surface area (Å²) in [6.07, 6.45) is 0.991. The molecule has 0 aliphatic carbocycles. The fourth-order valence-electron chi connectivity index (χ4n) is 5.72. The van der Waals surface area contributed by atoms with Crippen LogP contribution in [-0.2, 0) is 52.2 Å². The number of carboxylic acids is 2. The molecule has 46 heavy (non-hydrogen) atoms. The van der Waals surface area contributed by atoms with Crippen molar-refractivity contribution < 1.29 is 62.4 Å². The van der Waals surface area contributed by atoms with Gasteiger partial charge in [-0.1, -0.05) is 33.1 Å². The lowest BCUT2D eigenvalue weighted by Crippen LogP contribution is -2.78. The molecule has 0 aliphatic heterocycles. The molecule has 13 nitrogen and oxygen atoms in total. The third kappa shape index (κ3) is 11.1. The smallest absolute Gasteiger partial charge is 0.342 e. The van der Waals surface area contributed by atoms with E-state index >= 15 is 0 Å². The largest absolute Gasteiger partial charge is 0.481 e. The standard InChI is InChI=1S/C33H64O13/c1-10-19-26-46-32(42-15-6,33(43-16-7,44-17-8)45-18-9)30(29(36)37,24-22-20-21-23-27(34)35)28(38-25-11-2)31(39-12-3,40-13-4)41-14-5/h28H,10-26H2,1-9H3,(H,34,35)(H,36,37). The van der Waals surface area contributed by atoms with E-state index < -0.39 is 41.2 Å². The number of aliphatic carboxylic acids is 2. The molecule has 3 atom stereocenters. The van der Waals surface area contributed by atoms with Crippen molar-refractivity contribution in [2.75, 3.05) is 59.5 Å². The molecule has 0 aliphatic rings. The van der Waals surface area contributed by atoms with Gasteiger partial charge in [-0.25, -0.2) is 0 Å². The summed E-state index contributed by atoms with van der Waals surface area (Å²) >= 11 is 0. The first kappa shape index (κ1) is 44.6. The Morgan fingerprint density at radius 1 is 0.565 bits per heavy atom. The first-order valence-electron chi connectivity index (χ1n) is 17.2. The SMILES string of the molecule is CCCCOC(OCC)(C(OCC)(OCC)OCC)C(CCCCCC(=O)O)(C(=O)O)C(OCCC)C(OCC)(OCC)OCC. The monoisotopic (exact) mass is 668 g/mol. The van der Waals surface area contributed by atoms with E-state index in [9.17, 15) is 19.8 Å². The highest BCUT2D eigenvalue weighted by Crippen LogP contribution is 2.56. The van der Waals surface area contributed by atoms with Crippen molar-refractivity contribution in [2.24, 2.45) is 5.41 Å². The predicted octanol–water partition coefficient (Wildman–Crippen LogP) is 5.96. The summed E-state index contributed by atoms with van der Waals surface area (Å²) in [5.41, 5.74) is -2.26. The van der Waals surface area contributed by atoms with Crippen LogP contribution in [0.3, 0.4) is 0 Å². The van der Waals surface area contributed by atoms with Crippen molar-refractivity contribution in [1.29, 1.82) is 0 Å². The van der Waals surface area contributed by atoms with Gasteiger partial charge in [-0.3, -0.25) is 9.59 Å². The van der Waals surface area contributed by atoms with Gasteiger partial charge in [0.05, 0.1) is 6.61 Å². The highest BCUT2D eigenvalue weighted by molar-refractivity contribution is 5.77. The lowest BCUT2D eigenvalue weighted by molar-refractivity contribution is -0.533. The van der Waals surface area contributed by atoms with Crippen LogP contribution in [0.5, 0.6) is 0 Å². The third-order valence-electron chi connectivity index (χ3n) is 7.28. The van der Waals surface area contributed by atoms with Gasteiger partial charge in [0.2, 0.25) is 0 Å². The molecule has 3 unspecified atom stereocenters. The van der Waals surface area contributed by atoms with Gasteiger partial charge >= 0.3 is 23.9 Å². The second-order valence-electron chi connectivity index (χ2n) is 10.5. The molecule has 0 aromatic heterocycles. The number of carbonyl (C=O) groups is 2. The zero-order chi connectivity index (χ0) is 35.1. The number of carboxylic acid groups (broad SMARTS) is 2. The van der Waals surface area contributed by atoms with Crippen molar-refractivity contribution in [1.82, 2.24) is 0 Å². The molecule has 0 rings (SSSR count). The molecule has 0 aromatic rings. The Kier molecular flexibility index (Phi) is 23.1. The van der Waals surface area contributed by atoms with Crippen LogP contribution in [0, 0.1) is 5.41 Å². The molecule has 0 fully saturated rings. The number of unbranched alkanes of at least 4 members (excludes halogenated alkanes) is 3. The molecule has 0 bridgehead atoms. The topological polar surface area (TPSA) is 158 Å². The van der Waals surface area contributed by atoms with Crippen LogP contribution in [0.1, 0.15) is 114 Å². The van der Waals surface area contributed by atoms with Gasteiger partial charge in [0.25, 0.3) is 5.79 Å². The quantitative estimate of drug-likeness (QED) is 0.0639. The molecular formula is C33H64O13. The maximum Gasteiger partial charge on any atom is 0.342 e. The van der Waals surface area contributed by atoms with E-state index in [1.54, 1.807) is 48.5 Å². The second kappa shape index (κ2) is 23.8. The Labute approximate surface area is 276 Å². The fourth-order valence-corrected chi connectivity index (χ4v) is 5.72. The summed E-state index contributed by atoms with van der Waals surface area (Å²) < 4.78 is 57.5.